The highest BCUT2D eigenvalue weighted by Crippen LogP contribution is 2.12. The molecule has 0 aliphatic heterocycles. The predicted molar refractivity (Wildman–Crippen MR) is 43.4 cm³/mol. The molecule has 1 atom stereocenters. The van der Waals surface area contributed by atoms with Gasteiger partial charge >= 0.3 is 0 Å². The Morgan fingerprint density at radius 3 is 1.67 bits per heavy atom. The molecule has 0 saturated carbocycles. The maximum absolute atomic E-state index is 2.32. The first-order chi connectivity index (χ1) is 4.04. The van der Waals surface area contributed by atoms with Crippen molar-refractivity contribution >= 4 is 0 Å². The van der Waals surface area contributed by atoms with Gasteiger partial charge < -0.3 is 0 Å². The number of allylic oxidation sites excluding steroid dienone is 2. The molecule has 54 valence electrons. The van der Waals surface area contributed by atoms with E-state index in [1.54, 1.807) is 0 Å². The Bertz CT molecular complexity index is 94.6. The summed E-state index contributed by atoms with van der Waals surface area (Å²) in [5.41, 5.74) is 1.43. The molecule has 0 amide bonds. The molecular formula is C9H18. The van der Waals surface area contributed by atoms with Gasteiger partial charge in [-0.05, 0) is 25.7 Å². The highest BCUT2D eigenvalue weighted by atomic mass is 14.1. The first-order valence-corrected chi connectivity index (χ1v) is 3.69. The molecule has 1 unspecified atom stereocenters. The Kier molecular flexibility index (Phi) is 3.60. The van der Waals surface area contributed by atoms with Gasteiger partial charge in [-0.25, -0.2) is 0 Å². The van der Waals surface area contributed by atoms with Crippen molar-refractivity contribution in [2.45, 2.75) is 34.6 Å². The Hall–Kier alpha value is -0.260. The molecule has 0 aliphatic rings. The van der Waals surface area contributed by atoms with Gasteiger partial charge in [0, 0.05) is 0 Å². The van der Waals surface area contributed by atoms with Gasteiger partial charge in [0.25, 0.3) is 0 Å². The molecule has 0 heterocycles. The van der Waals surface area contributed by atoms with Crippen LogP contribution >= 0.6 is 0 Å². The molecule has 0 aromatic rings. The van der Waals surface area contributed by atoms with Gasteiger partial charge in [0.1, 0.15) is 0 Å². The Balaban J connectivity index is 3.76. The van der Waals surface area contributed by atoms with E-state index in [-0.39, 0.29) is 0 Å². The lowest BCUT2D eigenvalue weighted by atomic mass is 9.96. The Labute approximate surface area is 59.0 Å². The van der Waals surface area contributed by atoms with Gasteiger partial charge in [0.15, 0.2) is 0 Å². The van der Waals surface area contributed by atoms with Crippen molar-refractivity contribution in [3.8, 4) is 0 Å². The SMILES string of the molecule is CC(C)=CC(C)C(C)C. The van der Waals surface area contributed by atoms with E-state index in [1.165, 1.54) is 5.57 Å². The normalized spacial score (nSPS) is 13.6. The lowest BCUT2D eigenvalue weighted by Crippen LogP contribution is -1.99. The van der Waals surface area contributed by atoms with Crippen LogP contribution in [0, 0.1) is 11.8 Å². The molecule has 0 rings (SSSR count). The van der Waals surface area contributed by atoms with Gasteiger partial charge in [-0.2, -0.15) is 0 Å². The van der Waals surface area contributed by atoms with Crippen LogP contribution in [-0.4, -0.2) is 0 Å². The van der Waals surface area contributed by atoms with Crippen LogP contribution in [0.5, 0.6) is 0 Å². The summed E-state index contributed by atoms with van der Waals surface area (Å²) in [6.45, 7) is 11.1. The van der Waals surface area contributed by atoms with E-state index in [9.17, 15) is 0 Å². The van der Waals surface area contributed by atoms with Crippen molar-refractivity contribution in [1.29, 1.82) is 0 Å². The van der Waals surface area contributed by atoms with Crippen LogP contribution in [0.2, 0.25) is 0 Å². The minimum Gasteiger partial charge on any atom is -0.0828 e. The fourth-order valence-corrected chi connectivity index (χ4v) is 0.718. The van der Waals surface area contributed by atoms with Crippen LogP contribution in [0.4, 0.5) is 0 Å². The number of rotatable bonds is 2. The molecule has 0 bridgehead atoms. The van der Waals surface area contributed by atoms with E-state index in [0.717, 1.165) is 11.8 Å². The average Bonchev–Trinajstić information content (AvgIpc) is 1.63. The topological polar surface area (TPSA) is 0 Å². The summed E-state index contributed by atoms with van der Waals surface area (Å²) in [5, 5.41) is 0. The van der Waals surface area contributed by atoms with Gasteiger partial charge in [0.2, 0.25) is 0 Å². The fourth-order valence-electron chi connectivity index (χ4n) is 0.718. The van der Waals surface area contributed by atoms with E-state index >= 15 is 0 Å². The second kappa shape index (κ2) is 3.71. The van der Waals surface area contributed by atoms with Crippen molar-refractivity contribution in [3.63, 3.8) is 0 Å². The molecular weight excluding hydrogens is 108 g/mol. The fraction of sp³-hybridized carbons (Fsp3) is 0.778. The van der Waals surface area contributed by atoms with Crippen molar-refractivity contribution in [2.75, 3.05) is 0 Å². The lowest BCUT2D eigenvalue weighted by Gasteiger charge is -2.10. The van der Waals surface area contributed by atoms with Gasteiger partial charge in [-0.1, -0.05) is 32.4 Å². The Morgan fingerprint density at radius 1 is 1.11 bits per heavy atom. The zero-order chi connectivity index (χ0) is 7.44. The zero-order valence-electron chi connectivity index (χ0n) is 7.23. The van der Waals surface area contributed by atoms with Crippen molar-refractivity contribution in [2.24, 2.45) is 11.8 Å². The maximum Gasteiger partial charge on any atom is -0.0236 e. The first kappa shape index (κ1) is 8.74. The Morgan fingerprint density at radius 2 is 1.56 bits per heavy atom. The van der Waals surface area contributed by atoms with Gasteiger partial charge in [-0.15, -0.1) is 0 Å². The van der Waals surface area contributed by atoms with Crippen molar-refractivity contribution in [3.05, 3.63) is 11.6 Å². The minimum atomic E-state index is 0.731. The van der Waals surface area contributed by atoms with Crippen LogP contribution < -0.4 is 0 Å². The van der Waals surface area contributed by atoms with E-state index in [1.807, 2.05) is 0 Å². The third-order valence-electron chi connectivity index (χ3n) is 1.65. The third kappa shape index (κ3) is 4.26. The standard InChI is InChI=1S/C9H18/c1-7(2)6-9(5)8(3)4/h6,8-9H,1-5H3. The third-order valence-corrected chi connectivity index (χ3v) is 1.65. The van der Waals surface area contributed by atoms with Crippen LogP contribution in [-0.2, 0) is 0 Å². The summed E-state index contributed by atoms with van der Waals surface area (Å²) in [5.74, 6) is 1.51. The average molecular weight is 126 g/mol. The second-order valence-corrected chi connectivity index (χ2v) is 3.35. The van der Waals surface area contributed by atoms with Crippen LogP contribution in [0.15, 0.2) is 11.6 Å². The molecule has 0 nitrogen and oxygen atoms in total. The highest BCUT2D eigenvalue weighted by Gasteiger charge is 2.01. The van der Waals surface area contributed by atoms with E-state index in [2.05, 4.69) is 40.7 Å². The largest absolute Gasteiger partial charge is 0.0828 e. The lowest BCUT2D eigenvalue weighted by molar-refractivity contribution is 0.502. The van der Waals surface area contributed by atoms with E-state index in [0.29, 0.717) is 0 Å². The van der Waals surface area contributed by atoms with Crippen LogP contribution in [0.1, 0.15) is 34.6 Å². The van der Waals surface area contributed by atoms with Crippen molar-refractivity contribution in [1.82, 2.24) is 0 Å². The van der Waals surface area contributed by atoms with Gasteiger partial charge in [0.05, 0.1) is 0 Å². The highest BCUT2D eigenvalue weighted by molar-refractivity contribution is 4.96. The molecule has 0 aromatic carbocycles. The molecule has 0 N–H and O–H groups in total. The molecule has 0 radical (unpaired) electrons. The molecule has 0 heteroatoms. The molecule has 0 saturated heterocycles. The number of hydrogen-bond acceptors (Lipinski definition) is 0. The molecule has 0 aliphatic carbocycles. The zero-order valence-corrected chi connectivity index (χ0v) is 7.23. The summed E-state index contributed by atoms with van der Waals surface area (Å²) < 4.78 is 0. The quantitative estimate of drug-likeness (QED) is 0.498. The molecule has 9 heavy (non-hydrogen) atoms. The summed E-state index contributed by atoms with van der Waals surface area (Å²) >= 11 is 0. The van der Waals surface area contributed by atoms with Crippen molar-refractivity contribution < 1.29 is 0 Å². The monoisotopic (exact) mass is 126 g/mol. The number of hydrogen-bond donors (Lipinski definition) is 0. The smallest absolute Gasteiger partial charge is 0.0236 e. The van der Waals surface area contributed by atoms with Crippen LogP contribution in [0.3, 0.4) is 0 Å². The first-order valence-electron chi connectivity index (χ1n) is 3.69. The summed E-state index contributed by atoms with van der Waals surface area (Å²) in [6, 6.07) is 0. The second-order valence-electron chi connectivity index (χ2n) is 3.35. The minimum absolute atomic E-state index is 0.731. The summed E-state index contributed by atoms with van der Waals surface area (Å²) in [6.07, 6.45) is 2.32. The van der Waals surface area contributed by atoms with E-state index < -0.39 is 0 Å². The summed E-state index contributed by atoms with van der Waals surface area (Å²) in [7, 11) is 0. The van der Waals surface area contributed by atoms with Crippen LogP contribution in [0.25, 0.3) is 0 Å². The maximum atomic E-state index is 2.32. The van der Waals surface area contributed by atoms with E-state index in [4.69, 9.17) is 0 Å². The van der Waals surface area contributed by atoms with Gasteiger partial charge in [-0.3, -0.25) is 0 Å². The molecule has 0 aromatic heterocycles. The predicted octanol–water partition coefficient (Wildman–Crippen LogP) is 3.24. The molecule has 0 fully saturated rings. The summed E-state index contributed by atoms with van der Waals surface area (Å²) in [4.78, 5) is 0. The molecule has 0 spiro atoms.